The standard InChI is InChI=1S/C32H34N4O6/c1-3-4-15-25(42-31-28(26(37)16-17-33-31)29(39)22-11-7-5-8-12-22)19-34-27(38)20-36-30(23-13-9-6-10-14-23)35-18-24(21-41-2)32(36)40/h5-14,16-18,25H,3-4,15,19-21H2,1-2H3,(H,33,37)(H,34,38). The lowest BCUT2D eigenvalue weighted by molar-refractivity contribution is -0.122. The Labute approximate surface area is 243 Å². The van der Waals surface area contributed by atoms with Crippen LogP contribution in [0.15, 0.2) is 88.7 Å². The number of nitrogens with zero attached hydrogens (tertiary/aromatic N) is 2. The topological polar surface area (TPSA) is 132 Å². The monoisotopic (exact) mass is 570 g/mol. The number of methoxy groups -OCH3 is 1. The number of ether oxygens (including phenoxy) is 2. The highest BCUT2D eigenvalue weighted by atomic mass is 16.5. The number of hydrogen-bond acceptors (Lipinski definition) is 7. The molecule has 0 aliphatic heterocycles. The molecule has 2 heterocycles. The highest BCUT2D eigenvalue weighted by Crippen LogP contribution is 2.19. The van der Waals surface area contributed by atoms with Gasteiger partial charge >= 0.3 is 0 Å². The number of nitrogens with one attached hydrogen (secondary N) is 2. The van der Waals surface area contributed by atoms with Gasteiger partial charge in [0.2, 0.25) is 17.6 Å². The number of hydrogen-bond donors (Lipinski definition) is 2. The lowest BCUT2D eigenvalue weighted by Crippen LogP contribution is -2.40. The third-order valence-electron chi connectivity index (χ3n) is 6.63. The van der Waals surface area contributed by atoms with Crippen molar-refractivity contribution in [3.05, 3.63) is 116 Å². The second-order valence-corrected chi connectivity index (χ2v) is 9.72. The normalized spacial score (nSPS) is 11.6. The van der Waals surface area contributed by atoms with Crippen LogP contribution < -0.4 is 21.0 Å². The van der Waals surface area contributed by atoms with Crippen LogP contribution in [0.1, 0.15) is 47.7 Å². The van der Waals surface area contributed by atoms with Gasteiger partial charge in [0.25, 0.3) is 5.56 Å². The zero-order chi connectivity index (χ0) is 29.9. The van der Waals surface area contributed by atoms with E-state index in [1.165, 1.54) is 30.1 Å². The van der Waals surface area contributed by atoms with E-state index in [4.69, 9.17) is 9.47 Å². The van der Waals surface area contributed by atoms with Crippen LogP contribution in [0.25, 0.3) is 11.4 Å². The number of benzene rings is 2. The second kappa shape index (κ2) is 14.7. The van der Waals surface area contributed by atoms with E-state index in [-0.39, 0.29) is 36.7 Å². The van der Waals surface area contributed by atoms with Crippen molar-refractivity contribution < 1.29 is 19.1 Å². The van der Waals surface area contributed by atoms with Gasteiger partial charge in [-0.05, 0) is 12.8 Å². The molecular weight excluding hydrogens is 536 g/mol. The van der Waals surface area contributed by atoms with Crippen LogP contribution in [-0.2, 0) is 22.7 Å². The fourth-order valence-electron chi connectivity index (χ4n) is 4.48. The van der Waals surface area contributed by atoms with E-state index in [0.717, 1.165) is 12.8 Å². The molecule has 0 aliphatic carbocycles. The van der Waals surface area contributed by atoms with Gasteiger partial charge in [-0.15, -0.1) is 0 Å². The minimum absolute atomic E-state index is 0.0470. The van der Waals surface area contributed by atoms with Crippen molar-refractivity contribution in [3.8, 4) is 17.3 Å². The first-order valence-corrected chi connectivity index (χ1v) is 13.8. The molecular formula is C32H34N4O6. The van der Waals surface area contributed by atoms with Gasteiger partial charge < -0.3 is 19.8 Å². The van der Waals surface area contributed by atoms with Crippen molar-refractivity contribution >= 4 is 11.7 Å². The van der Waals surface area contributed by atoms with E-state index < -0.39 is 23.2 Å². The van der Waals surface area contributed by atoms with Gasteiger partial charge in [0.1, 0.15) is 24.0 Å². The molecule has 1 atom stereocenters. The summed E-state index contributed by atoms with van der Waals surface area (Å²) in [4.78, 5) is 59.7. The van der Waals surface area contributed by atoms with Crippen molar-refractivity contribution in [2.75, 3.05) is 13.7 Å². The molecule has 218 valence electrons. The van der Waals surface area contributed by atoms with Crippen LogP contribution in [0, 0.1) is 0 Å². The Bertz CT molecular complexity index is 1620. The Morgan fingerprint density at radius 1 is 1.02 bits per heavy atom. The zero-order valence-corrected chi connectivity index (χ0v) is 23.7. The fraction of sp³-hybridized carbons (Fsp3) is 0.281. The quantitative estimate of drug-likeness (QED) is 0.221. The third kappa shape index (κ3) is 7.46. The molecule has 2 aromatic heterocycles. The number of rotatable bonds is 14. The molecule has 0 radical (unpaired) electrons. The Kier molecular flexibility index (Phi) is 10.5. The maximum Gasteiger partial charge on any atom is 0.259 e. The Morgan fingerprint density at radius 3 is 2.43 bits per heavy atom. The number of ketones is 1. The summed E-state index contributed by atoms with van der Waals surface area (Å²) in [5, 5.41) is 2.85. The maximum absolute atomic E-state index is 13.2. The summed E-state index contributed by atoms with van der Waals surface area (Å²) in [5.74, 6) is -0.467. The fourth-order valence-corrected chi connectivity index (χ4v) is 4.48. The molecule has 10 nitrogen and oxygen atoms in total. The van der Waals surface area contributed by atoms with Crippen molar-refractivity contribution in [1.29, 1.82) is 0 Å². The molecule has 0 saturated heterocycles. The molecule has 1 amide bonds. The van der Waals surface area contributed by atoms with E-state index in [2.05, 4.69) is 15.3 Å². The predicted octanol–water partition coefficient (Wildman–Crippen LogP) is 3.73. The average molecular weight is 571 g/mol. The summed E-state index contributed by atoms with van der Waals surface area (Å²) in [7, 11) is 1.48. The van der Waals surface area contributed by atoms with Crippen molar-refractivity contribution in [3.63, 3.8) is 0 Å². The van der Waals surface area contributed by atoms with E-state index in [1.54, 1.807) is 30.3 Å². The van der Waals surface area contributed by atoms with E-state index >= 15 is 0 Å². The highest BCUT2D eigenvalue weighted by molar-refractivity contribution is 6.10. The zero-order valence-electron chi connectivity index (χ0n) is 23.7. The van der Waals surface area contributed by atoms with Gasteiger partial charge in [-0.2, -0.15) is 0 Å². The molecule has 0 bridgehead atoms. The third-order valence-corrected chi connectivity index (χ3v) is 6.63. The summed E-state index contributed by atoms with van der Waals surface area (Å²) in [6.07, 6.45) is 4.58. The van der Waals surface area contributed by atoms with Gasteiger partial charge in [-0.3, -0.25) is 23.7 Å². The summed E-state index contributed by atoms with van der Waals surface area (Å²) in [6, 6.07) is 18.9. The molecule has 4 aromatic rings. The lowest BCUT2D eigenvalue weighted by Gasteiger charge is -2.21. The van der Waals surface area contributed by atoms with Gasteiger partial charge in [0, 0.05) is 36.7 Å². The molecule has 10 heteroatoms. The van der Waals surface area contributed by atoms with Crippen LogP contribution in [0.5, 0.6) is 5.88 Å². The number of carbonyl (C=O) groups excluding carboxylic acids is 2. The van der Waals surface area contributed by atoms with Crippen molar-refractivity contribution in [2.24, 2.45) is 0 Å². The number of aromatic nitrogens is 3. The summed E-state index contributed by atoms with van der Waals surface area (Å²) in [6.45, 7) is 1.92. The summed E-state index contributed by atoms with van der Waals surface area (Å²) < 4.78 is 12.6. The number of H-pyrrole nitrogens is 1. The Morgan fingerprint density at radius 2 is 1.74 bits per heavy atom. The number of unbranched alkanes of at least 4 members (excludes halogenated alkanes) is 1. The van der Waals surface area contributed by atoms with Crippen LogP contribution in [0.4, 0.5) is 0 Å². The van der Waals surface area contributed by atoms with Crippen LogP contribution >= 0.6 is 0 Å². The smallest absolute Gasteiger partial charge is 0.259 e. The minimum atomic E-state index is -0.544. The van der Waals surface area contributed by atoms with Gasteiger partial charge in [0.15, 0.2) is 5.43 Å². The second-order valence-electron chi connectivity index (χ2n) is 9.72. The molecule has 2 N–H and O–H groups in total. The maximum atomic E-state index is 13.2. The van der Waals surface area contributed by atoms with Crippen LogP contribution in [-0.4, -0.2) is 46.0 Å². The highest BCUT2D eigenvalue weighted by Gasteiger charge is 2.22. The number of amides is 1. The summed E-state index contributed by atoms with van der Waals surface area (Å²) in [5.41, 5.74) is 0.452. The van der Waals surface area contributed by atoms with Gasteiger partial charge in [-0.25, -0.2) is 4.98 Å². The van der Waals surface area contributed by atoms with Gasteiger partial charge in [0.05, 0.1) is 18.7 Å². The molecule has 0 spiro atoms. The largest absolute Gasteiger partial charge is 0.473 e. The van der Waals surface area contributed by atoms with Crippen LogP contribution in [0.2, 0.25) is 0 Å². The first-order valence-electron chi connectivity index (χ1n) is 13.8. The van der Waals surface area contributed by atoms with Crippen molar-refractivity contribution in [1.82, 2.24) is 19.9 Å². The Balaban J connectivity index is 1.54. The molecule has 0 fully saturated rings. The molecule has 0 aliphatic rings. The molecule has 42 heavy (non-hydrogen) atoms. The SMILES string of the molecule is CCCCC(CNC(=O)Cn1c(-c2ccccc2)ncc(COC)c1=O)Oc1[nH]ccc(=O)c1C(=O)c1ccccc1. The lowest BCUT2D eigenvalue weighted by atomic mass is 10.0. The minimum Gasteiger partial charge on any atom is -0.473 e. The first-order chi connectivity index (χ1) is 20.4. The first kappa shape index (κ1) is 30.1. The van der Waals surface area contributed by atoms with Gasteiger partial charge in [-0.1, -0.05) is 74.0 Å². The van der Waals surface area contributed by atoms with E-state index in [9.17, 15) is 19.2 Å². The number of aromatic amines is 1. The number of carbonyl (C=O) groups is 2. The summed E-state index contributed by atoms with van der Waals surface area (Å²) >= 11 is 0. The van der Waals surface area contributed by atoms with E-state index in [1.807, 2.05) is 37.3 Å². The van der Waals surface area contributed by atoms with Crippen molar-refractivity contribution in [2.45, 2.75) is 45.4 Å². The molecule has 1 unspecified atom stereocenters. The predicted molar refractivity (Wildman–Crippen MR) is 159 cm³/mol. The average Bonchev–Trinajstić information content (AvgIpc) is 3.01. The molecule has 2 aromatic carbocycles. The molecule has 4 rings (SSSR count). The Hall–Kier alpha value is -4.83. The number of pyridine rings is 1. The van der Waals surface area contributed by atoms with E-state index in [0.29, 0.717) is 28.9 Å². The molecule has 0 saturated carbocycles. The van der Waals surface area contributed by atoms with Crippen LogP contribution in [0.3, 0.4) is 0 Å².